The Balaban J connectivity index is 1.88. The number of methoxy groups -OCH3 is 1. The number of pyridine rings is 1. The maximum Gasteiger partial charge on any atom is 0.275 e. The predicted octanol–water partition coefficient (Wildman–Crippen LogP) is 3.31. The van der Waals surface area contributed by atoms with Gasteiger partial charge in [-0.15, -0.1) is 0 Å². The first-order valence-corrected chi connectivity index (χ1v) is 10.4. The summed E-state index contributed by atoms with van der Waals surface area (Å²) in [4.78, 5) is 23.1. The van der Waals surface area contributed by atoms with Crippen molar-refractivity contribution < 1.29 is 18.3 Å². The van der Waals surface area contributed by atoms with Gasteiger partial charge in [0.15, 0.2) is 11.5 Å². The molecule has 33 heavy (non-hydrogen) atoms. The minimum absolute atomic E-state index is 0.0817. The van der Waals surface area contributed by atoms with Gasteiger partial charge in [-0.1, -0.05) is 11.6 Å². The zero-order valence-electron chi connectivity index (χ0n) is 17.6. The van der Waals surface area contributed by atoms with Gasteiger partial charge in [0.25, 0.3) is 5.91 Å². The van der Waals surface area contributed by atoms with E-state index in [1.54, 1.807) is 11.0 Å². The van der Waals surface area contributed by atoms with Gasteiger partial charge in [0.2, 0.25) is 5.88 Å². The van der Waals surface area contributed by atoms with Crippen LogP contribution in [-0.4, -0.2) is 51.6 Å². The van der Waals surface area contributed by atoms with E-state index in [0.717, 1.165) is 25.0 Å². The molecule has 1 aliphatic rings. The summed E-state index contributed by atoms with van der Waals surface area (Å²) in [5.41, 5.74) is 6.15. The molecule has 1 atom stereocenters. The highest BCUT2D eigenvalue weighted by Crippen LogP contribution is 2.32. The van der Waals surface area contributed by atoms with Gasteiger partial charge in [0.1, 0.15) is 22.9 Å². The lowest BCUT2D eigenvalue weighted by Crippen LogP contribution is -2.45. The monoisotopic (exact) mass is 472 g/mol. The first-order chi connectivity index (χ1) is 15.8. The number of aromatic nitrogens is 3. The van der Waals surface area contributed by atoms with E-state index in [1.807, 2.05) is 0 Å². The second kappa shape index (κ2) is 9.13. The third-order valence-corrected chi connectivity index (χ3v) is 5.71. The highest BCUT2D eigenvalue weighted by Gasteiger charge is 2.30. The molecule has 1 aromatic carbocycles. The Bertz CT molecular complexity index is 1270. The van der Waals surface area contributed by atoms with E-state index in [2.05, 4.69) is 9.97 Å². The average molecular weight is 473 g/mol. The Morgan fingerprint density at radius 2 is 2.12 bits per heavy atom. The van der Waals surface area contributed by atoms with Crippen LogP contribution in [0.15, 0.2) is 30.5 Å². The molecule has 1 aliphatic heterocycles. The molecule has 0 unspecified atom stereocenters. The fourth-order valence-electron chi connectivity index (χ4n) is 3.74. The fraction of sp³-hybridized carbons (Fsp3) is 0.273. The molecule has 0 bridgehead atoms. The number of benzene rings is 1. The largest absolute Gasteiger partial charge is 0.479 e. The molecular weight excluding hydrogens is 454 g/mol. The number of amides is 1. The van der Waals surface area contributed by atoms with Crippen molar-refractivity contribution >= 4 is 17.5 Å². The van der Waals surface area contributed by atoms with Crippen molar-refractivity contribution in [2.75, 3.05) is 20.2 Å². The van der Waals surface area contributed by atoms with Gasteiger partial charge in [-0.25, -0.2) is 18.7 Å². The summed E-state index contributed by atoms with van der Waals surface area (Å²) < 4.78 is 34.9. The van der Waals surface area contributed by atoms with E-state index in [1.165, 1.54) is 30.0 Å². The minimum atomic E-state index is -0.769. The number of carbonyl (C=O) groups excluding carboxylic acids is 1. The van der Waals surface area contributed by atoms with Crippen LogP contribution >= 0.6 is 11.6 Å². The second-order valence-corrected chi connectivity index (χ2v) is 7.91. The molecule has 170 valence electrons. The number of halogens is 3. The van der Waals surface area contributed by atoms with Crippen LogP contribution in [0.25, 0.3) is 17.1 Å². The smallest absolute Gasteiger partial charge is 0.275 e. The highest BCUT2D eigenvalue weighted by molar-refractivity contribution is 6.33. The number of nitrogens with two attached hydrogens (primary N) is 1. The van der Waals surface area contributed by atoms with Crippen LogP contribution in [0.4, 0.5) is 8.78 Å². The van der Waals surface area contributed by atoms with E-state index in [4.69, 9.17) is 27.3 Å². The quantitative estimate of drug-likeness (QED) is 0.623. The van der Waals surface area contributed by atoms with E-state index in [0.29, 0.717) is 13.1 Å². The third-order valence-electron chi connectivity index (χ3n) is 5.36. The van der Waals surface area contributed by atoms with E-state index in [-0.39, 0.29) is 45.4 Å². The number of ether oxygens (including phenoxy) is 1. The van der Waals surface area contributed by atoms with Crippen LogP contribution < -0.4 is 10.5 Å². The van der Waals surface area contributed by atoms with Gasteiger partial charge < -0.3 is 15.4 Å². The topological polar surface area (TPSA) is 110 Å². The maximum atomic E-state index is 14.4. The lowest BCUT2D eigenvalue weighted by atomic mass is 10.1. The summed E-state index contributed by atoms with van der Waals surface area (Å²) in [5, 5.41) is 8.93. The molecule has 11 heteroatoms. The first-order valence-electron chi connectivity index (χ1n) is 10.1. The molecule has 2 N–H and O–H groups in total. The van der Waals surface area contributed by atoms with Gasteiger partial charge in [-0.2, -0.15) is 5.26 Å². The molecule has 0 aliphatic carbocycles. The summed E-state index contributed by atoms with van der Waals surface area (Å²) in [5.74, 6) is -2.11. The molecule has 0 spiro atoms. The predicted molar refractivity (Wildman–Crippen MR) is 116 cm³/mol. The standard InChI is InChI=1S/C22H19ClF2N6O2/c1-33-21-17(25)8-15(10-28-21)31-19(23)18(22(32)30-6-2-3-14(27)11-30)29-20(31)12-4-5-13(9-26)16(24)7-12/h4-5,7-8,10,14H,2-3,6,11,27H2,1H3/t14-/m0/s1. The van der Waals surface area contributed by atoms with E-state index >= 15 is 0 Å². The van der Waals surface area contributed by atoms with Crippen molar-refractivity contribution in [3.8, 4) is 29.0 Å². The molecule has 1 amide bonds. The number of piperidine rings is 1. The fourth-order valence-corrected chi connectivity index (χ4v) is 4.04. The van der Waals surface area contributed by atoms with Gasteiger partial charge in [0.05, 0.1) is 24.6 Å². The summed E-state index contributed by atoms with van der Waals surface area (Å²) in [6, 6.07) is 6.57. The zero-order chi connectivity index (χ0) is 23.7. The Morgan fingerprint density at radius 1 is 1.33 bits per heavy atom. The number of imidazole rings is 1. The number of hydrogen-bond acceptors (Lipinski definition) is 6. The van der Waals surface area contributed by atoms with Gasteiger partial charge in [-0.3, -0.25) is 9.36 Å². The van der Waals surface area contributed by atoms with Crippen molar-refractivity contribution in [2.45, 2.75) is 18.9 Å². The second-order valence-electron chi connectivity index (χ2n) is 7.55. The summed E-state index contributed by atoms with van der Waals surface area (Å²) >= 11 is 6.58. The van der Waals surface area contributed by atoms with Crippen LogP contribution in [0.1, 0.15) is 28.9 Å². The van der Waals surface area contributed by atoms with Crippen molar-refractivity contribution in [1.29, 1.82) is 5.26 Å². The zero-order valence-corrected chi connectivity index (χ0v) is 18.3. The maximum absolute atomic E-state index is 14.4. The number of likely N-dealkylation sites (tertiary alicyclic amines) is 1. The number of carbonyl (C=O) groups is 1. The lowest BCUT2D eigenvalue weighted by molar-refractivity contribution is 0.0703. The van der Waals surface area contributed by atoms with Crippen molar-refractivity contribution in [2.24, 2.45) is 5.73 Å². The van der Waals surface area contributed by atoms with Gasteiger partial charge in [0, 0.05) is 30.8 Å². The van der Waals surface area contributed by atoms with Crippen LogP contribution in [0.2, 0.25) is 5.15 Å². The molecule has 0 saturated carbocycles. The Hall–Kier alpha value is -3.55. The first kappa shape index (κ1) is 22.6. The molecule has 3 aromatic rings. The van der Waals surface area contributed by atoms with Crippen LogP contribution in [0, 0.1) is 23.0 Å². The summed E-state index contributed by atoms with van der Waals surface area (Å²) in [6.07, 6.45) is 2.84. The average Bonchev–Trinajstić information content (AvgIpc) is 3.15. The molecule has 0 radical (unpaired) electrons. The Labute approximate surface area is 193 Å². The summed E-state index contributed by atoms with van der Waals surface area (Å²) in [6.45, 7) is 0.844. The van der Waals surface area contributed by atoms with Crippen LogP contribution in [-0.2, 0) is 0 Å². The number of hydrogen-bond donors (Lipinski definition) is 1. The number of nitrogens with zero attached hydrogens (tertiary/aromatic N) is 5. The van der Waals surface area contributed by atoms with Crippen molar-refractivity contribution in [3.05, 3.63) is 58.5 Å². The van der Waals surface area contributed by atoms with Crippen molar-refractivity contribution in [1.82, 2.24) is 19.4 Å². The highest BCUT2D eigenvalue weighted by atomic mass is 35.5. The number of nitriles is 1. The van der Waals surface area contributed by atoms with Gasteiger partial charge >= 0.3 is 0 Å². The molecule has 8 nitrogen and oxygen atoms in total. The molecule has 1 saturated heterocycles. The molecule has 3 heterocycles. The number of rotatable bonds is 4. The summed E-state index contributed by atoms with van der Waals surface area (Å²) in [7, 11) is 1.28. The normalized spacial score (nSPS) is 15.9. The molecular formula is C22H19ClF2N6O2. The van der Waals surface area contributed by atoms with E-state index < -0.39 is 17.5 Å². The Morgan fingerprint density at radius 3 is 2.76 bits per heavy atom. The third kappa shape index (κ3) is 4.25. The minimum Gasteiger partial charge on any atom is -0.479 e. The molecule has 1 fully saturated rings. The SMILES string of the molecule is COc1ncc(-n2c(-c3ccc(C#N)c(F)c3)nc(C(=O)N3CCC[C@H](N)C3)c2Cl)cc1F. The molecule has 4 rings (SSSR count). The van der Waals surface area contributed by atoms with Crippen molar-refractivity contribution in [3.63, 3.8) is 0 Å². The van der Waals surface area contributed by atoms with Crippen LogP contribution in [0.5, 0.6) is 5.88 Å². The van der Waals surface area contributed by atoms with E-state index in [9.17, 15) is 13.6 Å². The molecule has 2 aromatic heterocycles. The lowest BCUT2D eigenvalue weighted by Gasteiger charge is -2.30. The Kier molecular flexibility index (Phi) is 6.26. The van der Waals surface area contributed by atoms with Gasteiger partial charge in [-0.05, 0) is 31.0 Å². The van der Waals surface area contributed by atoms with Crippen LogP contribution in [0.3, 0.4) is 0 Å².